The van der Waals surface area contributed by atoms with E-state index in [1.165, 1.54) is 6.42 Å². The number of rotatable bonds is 2. The summed E-state index contributed by atoms with van der Waals surface area (Å²) in [6.45, 7) is 15.9. The fourth-order valence-corrected chi connectivity index (χ4v) is 2.48. The van der Waals surface area contributed by atoms with Gasteiger partial charge in [0.1, 0.15) is 0 Å². The van der Waals surface area contributed by atoms with E-state index < -0.39 is 0 Å². The third-order valence-electron chi connectivity index (χ3n) is 4.31. The van der Waals surface area contributed by atoms with Gasteiger partial charge in [0.25, 0.3) is 0 Å². The second-order valence-electron chi connectivity index (χ2n) is 6.06. The highest BCUT2D eigenvalue weighted by atomic mass is 16.5. The van der Waals surface area contributed by atoms with Gasteiger partial charge < -0.3 is 4.74 Å². The quantitative estimate of drug-likeness (QED) is 0.638. The maximum absolute atomic E-state index is 5.45. The second-order valence-corrected chi connectivity index (χ2v) is 6.06. The van der Waals surface area contributed by atoms with Crippen molar-refractivity contribution in [2.24, 2.45) is 16.2 Å². The van der Waals surface area contributed by atoms with E-state index in [2.05, 4.69) is 41.5 Å². The smallest absolute Gasteiger partial charge is 0.0555 e. The van der Waals surface area contributed by atoms with Gasteiger partial charge in [-0.2, -0.15) is 0 Å². The van der Waals surface area contributed by atoms with Crippen LogP contribution >= 0.6 is 0 Å². The minimum atomic E-state index is 0.352. The van der Waals surface area contributed by atoms with Gasteiger partial charge in [-0.15, -0.1) is 0 Å². The molecule has 1 saturated heterocycles. The summed E-state index contributed by atoms with van der Waals surface area (Å²) in [7, 11) is 0. The van der Waals surface area contributed by atoms with Gasteiger partial charge in [-0.05, 0) is 10.8 Å². The van der Waals surface area contributed by atoms with E-state index in [-0.39, 0.29) is 0 Å². The number of hydrogen-bond acceptors (Lipinski definition) is 1. The van der Waals surface area contributed by atoms with Crippen molar-refractivity contribution in [2.75, 3.05) is 13.2 Å². The molecule has 1 heteroatoms. The van der Waals surface area contributed by atoms with Crippen molar-refractivity contribution in [3.63, 3.8) is 0 Å². The molecular formula is C12H24O. The van der Waals surface area contributed by atoms with Crippen molar-refractivity contribution in [2.45, 2.75) is 48.0 Å². The lowest BCUT2D eigenvalue weighted by atomic mass is 9.51. The van der Waals surface area contributed by atoms with Gasteiger partial charge in [0.2, 0.25) is 0 Å². The molecule has 1 rings (SSSR count). The Balaban J connectivity index is 2.94. The van der Waals surface area contributed by atoms with Gasteiger partial charge in [-0.3, -0.25) is 0 Å². The first-order valence-electron chi connectivity index (χ1n) is 5.35. The molecule has 0 saturated carbocycles. The fourth-order valence-electron chi connectivity index (χ4n) is 2.48. The van der Waals surface area contributed by atoms with Crippen molar-refractivity contribution < 1.29 is 4.74 Å². The molecule has 1 heterocycles. The molecular weight excluding hydrogens is 160 g/mol. The van der Waals surface area contributed by atoms with Gasteiger partial charge >= 0.3 is 0 Å². The third kappa shape index (κ3) is 1.41. The van der Waals surface area contributed by atoms with E-state index >= 15 is 0 Å². The lowest BCUT2D eigenvalue weighted by Gasteiger charge is -2.59. The van der Waals surface area contributed by atoms with Gasteiger partial charge in [-0.1, -0.05) is 48.0 Å². The van der Waals surface area contributed by atoms with Gasteiger partial charge in [0.05, 0.1) is 13.2 Å². The normalized spacial score (nSPS) is 22.6. The number of ether oxygens (including phenoxy) is 1. The molecule has 1 aliphatic heterocycles. The van der Waals surface area contributed by atoms with E-state index in [0.717, 1.165) is 13.2 Å². The first-order chi connectivity index (χ1) is 5.77. The summed E-state index contributed by atoms with van der Waals surface area (Å²) in [5.41, 5.74) is 1.13. The van der Waals surface area contributed by atoms with E-state index in [9.17, 15) is 0 Å². The maximum atomic E-state index is 5.45. The van der Waals surface area contributed by atoms with Crippen LogP contribution in [0.4, 0.5) is 0 Å². The van der Waals surface area contributed by atoms with E-state index in [1.54, 1.807) is 0 Å². The standard InChI is InChI=1S/C12H24O/c1-7-11(5,6)12(8-13-9-12)10(2,3)4/h7-9H2,1-6H3. The Morgan fingerprint density at radius 1 is 1.08 bits per heavy atom. The average Bonchev–Trinajstić information content (AvgIpc) is 1.80. The molecule has 0 radical (unpaired) electrons. The highest BCUT2D eigenvalue weighted by Gasteiger charge is 2.56. The Kier molecular flexibility index (Phi) is 2.53. The predicted molar refractivity (Wildman–Crippen MR) is 56.8 cm³/mol. The Morgan fingerprint density at radius 2 is 1.54 bits per heavy atom. The van der Waals surface area contributed by atoms with Crippen LogP contribution in [0.25, 0.3) is 0 Å². The molecule has 0 atom stereocenters. The highest BCUT2D eigenvalue weighted by molar-refractivity contribution is 5.03. The summed E-state index contributed by atoms with van der Waals surface area (Å²) in [4.78, 5) is 0. The molecule has 0 bridgehead atoms. The van der Waals surface area contributed by atoms with Crippen molar-refractivity contribution in [3.8, 4) is 0 Å². The second kappa shape index (κ2) is 2.98. The third-order valence-corrected chi connectivity index (χ3v) is 4.31. The fraction of sp³-hybridized carbons (Fsp3) is 1.00. The van der Waals surface area contributed by atoms with Gasteiger partial charge in [-0.25, -0.2) is 0 Å². The summed E-state index contributed by atoms with van der Waals surface area (Å²) in [5.74, 6) is 0. The molecule has 0 N–H and O–H groups in total. The monoisotopic (exact) mass is 184 g/mol. The van der Waals surface area contributed by atoms with Crippen molar-refractivity contribution >= 4 is 0 Å². The Morgan fingerprint density at radius 3 is 1.62 bits per heavy atom. The molecule has 0 spiro atoms. The minimum Gasteiger partial charge on any atom is -0.380 e. The van der Waals surface area contributed by atoms with Gasteiger partial charge in [0.15, 0.2) is 0 Å². The SMILES string of the molecule is CCC(C)(C)C1(C(C)(C)C)COC1. The predicted octanol–water partition coefficient (Wildman–Crippen LogP) is 3.49. The largest absolute Gasteiger partial charge is 0.380 e. The van der Waals surface area contributed by atoms with Crippen molar-refractivity contribution in [1.82, 2.24) is 0 Å². The molecule has 0 unspecified atom stereocenters. The number of hydrogen-bond donors (Lipinski definition) is 0. The highest BCUT2D eigenvalue weighted by Crippen LogP contribution is 2.57. The van der Waals surface area contributed by atoms with Crippen LogP contribution in [0.3, 0.4) is 0 Å². The summed E-state index contributed by atoms with van der Waals surface area (Å²) < 4.78 is 5.45. The van der Waals surface area contributed by atoms with Crippen LogP contribution in [0.15, 0.2) is 0 Å². The molecule has 0 aliphatic carbocycles. The van der Waals surface area contributed by atoms with Crippen LogP contribution in [-0.4, -0.2) is 13.2 Å². The first kappa shape index (κ1) is 11.0. The van der Waals surface area contributed by atoms with Crippen molar-refractivity contribution in [1.29, 1.82) is 0 Å². The summed E-state index contributed by atoms with van der Waals surface area (Å²) in [6, 6.07) is 0. The zero-order valence-electron chi connectivity index (χ0n) is 10.0. The van der Waals surface area contributed by atoms with Crippen LogP contribution in [-0.2, 0) is 4.74 Å². The molecule has 1 aliphatic rings. The lowest BCUT2D eigenvalue weighted by Crippen LogP contribution is -2.60. The van der Waals surface area contributed by atoms with Crippen LogP contribution < -0.4 is 0 Å². The summed E-state index contributed by atoms with van der Waals surface area (Å²) in [5, 5.41) is 0. The first-order valence-corrected chi connectivity index (χ1v) is 5.35. The van der Waals surface area contributed by atoms with E-state index in [1.807, 2.05) is 0 Å². The van der Waals surface area contributed by atoms with E-state index in [0.29, 0.717) is 16.2 Å². The Bertz CT molecular complexity index is 182. The summed E-state index contributed by atoms with van der Waals surface area (Å²) >= 11 is 0. The molecule has 1 fully saturated rings. The van der Waals surface area contributed by atoms with Gasteiger partial charge in [0, 0.05) is 5.41 Å². The van der Waals surface area contributed by atoms with Crippen LogP contribution in [0.2, 0.25) is 0 Å². The minimum absolute atomic E-state index is 0.352. The summed E-state index contributed by atoms with van der Waals surface area (Å²) in [6.07, 6.45) is 1.23. The Hall–Kier alpha value is -0.0400. The molecule has 0 aromatic carbocycles. The topological polar surface area (TPSA) is 9.23 Å². The molecule has 0 aromatic heterocycles. The lowest BCUT2D eigenvalue weighted by molar-refractivity contribution is -0.230. The molecule has 78 valence electrons. The van der Waals surface area contributed by atoms with Crippen LogP contribution in [0, 0.1) is 16.2 Å². The Labute approximate surface area is 82.9 Å². The van der Waals surface area contributed by atoms with Crippen LogP contribution in [0.1, 0.15) is 48.0 Å². The average molecular weight is 184 g/mol. The maximum Gasteiger partial charge on any atom is 0.0555 e. The van der Waals surface area contributed by atoms with E-state index in [4.69, 9.17) is 4.74 Å². The molecule has 0 aromatic rings. The zero-order chi connectivity index (χ0) is 10.3. The van der Waals surface area contributed by atoms with Crippen molar-refractivity contribution in [3.05, 3.63) is 0 Å². The van der Waals surface area contributed by atoms with Crippen LogP contribution in [0.5, 0.6) is 0 Å². The zero-order valence-corrected chi connectivity index (χ0v) is 10.0. The molecule has 13 heavy (non-hydrogen) atoms. The molecule has 1 nitrogen and oxygen atoms in total. The molecule has 0 amide bonds.